The summed E-state index contributed by atoms with van der Waals surface area (Å²) >= 11 is 0. The molecular weight excluding hydrogens is 342 g/mol. The Morgan fingerprint density at radius 3 is 2.81 bits per heavy atom. The molecule has 0 aromatic carbocycles. The van der Waals surface area contributed by atoms with Gasteiger partial charge in [0.1, 0.15) is 5.65 Å². The minimum atomic E-state index is 0.0591. The Morgan fingerprint density at radius 2 is 2.04 bits per heavy atom. The smallest absolute Gasteiger partial charge is 0.252 e. The zero-order valence-electron chi connectivity index (χ0n) is 16.1. The predicted molar refractivity (Wildman–Crippen MR) is 106 cm³/mol. The Kier molecular flexibility index (Phi) is 5.69. The second kappa shape index (κ2) is 8.35. The van der Waals surface area contributed by atoms with Crippen LogP contribution in [0, 0.1) is 6.92 Å². The SMILES string of the molecule is Cc1cc(=O)n(C2CCCC2)c2nc(NCCCN3CCOCC3)ncc12. The number of hydrogen-bond acceptors (Lipinski definition) is 6. The fraction of sp³-hybridized carbons (Fsp3) is 0.650. The average Bonchev–Trinajstić information content (AvgIpc) is 3.20. The van der Waals surface area contributed by atoms with Crippen LogP contribution in [0.3, 0.4) is 0 Å². The summed E-state index contributed by atoms with van der Waals surface area (Å²) in [5, 5.41) is 4.31. The normalized spacial score (nSPS) is 19.0. The number of rotatable bonds is 6. The molecule has 4 rings (SSSR count). The number of fused-ring (bicyclic) bond motifs is 1. The second-order valence-corrected chi connectivity index (χ2v) is 7.64. The van der Waals surface area contributed by atoms with E-state index in [0.29, 0.717) is 5.95 Å². The number of aryl methyl sites for hydroxylation is 1. The third kappa shape index (κ3) is 4.14. The van der Waals surface area contributed by atoms with E-state index in [1.165, 1.54) is 12.8 Å². The molecule has 27 heavy (non-hydrogen) atoms. The van der Waals surface area contributed by atoms with Crippen LogP contribution in [0.1, 0.15) is 43.7 Å². The highest BCUT2D eigenvalue weighted by atomic mass is 16.5. The van der Waals surface area contributed by atoms with Crippen molar-refractivity contribution in [3.8, 4) is 0 Å². The summed E-state index contributed by atoms with van der Waals surface area (Å²) in [6.07, 6.45) is 7.38. The summed E-state index contributed by atoms with van der Waals surface area (Å²) in [6.45, 7) is 7.52. The maximum Gasteiger partial charge on any atom is 0.252 e. The van der Waals surface area contributed by atoms with Gasteiger partial charge in [-0.2, -0.15) is 4.98 Å². The van der Waals surface area contributed by atoms with E-state index in [1.807, 2.05) is 17.7 Å². The minimum absolute atomic E-state index is 0.0591. The first kappa shape index (κ1) is 18.4. The van der Waals surface area contributed by atoms with E-state index in [9.17, 15) is 4.79 Å². The van der Waals surface area contributed by atoms with E-state index in [-0.39, 0.29) is 11.6 Å². The molecule has 1 aliphatic heterocycles. The molecule has 2 fully saturated rings. The average molecular weight is 371 g/mol. The Bertz CT molecular complexity index is 838. The van der Waals surface area contributed by atoms with E-state index in [0.717, 1.165) is 75.3 Å². The largest absolute Gasteiger partial charge is 0.379 e. The van der Waals surface area contributed by atoms with Gasteiger partial charge in [0.05, 0.1) is 13.2 Å². The molecule has 1 aliphatic carbocycles. The zero-order valence-corrected chi connectivity index (χ0v) is 16.1. The lowest BCUT2D eigenvalue weighted by Gasteiger charge is -2.26. The van der Waals surface area contributed by atoms with Crippen LogP contribution in [0.2, 0.25) is 0 Å². The van der Waals surface area contributed by atoms with Gasteiger partial charge in [-0.15, -0.1) is 0 Å². The van der Waals surface area contributed by atoms with E-state index in [2.05, 4.69) is 15.2 Å². The molecule has 0 spiro atoms. The van der Waals surface area contributed by atoms with Crippen LogP contribution in [0.4, 0.5) is 5.95 Å². The molecule has 1 saturated heterocycles. The van der Waals surface area contributed by atoms with Gasteiger partial charge in [0.25, 0.3) is 5.56 Å². The molecule has 0 bridgehead atoms. The van der Waals surface area contributed by atoms with Crippen molar-refractivity contribution in [2.24, 2.45) is 0 Å². The van der Waals surface area contributed by atoms with Gasteiger partial charge in [0.15, 0.2) is 0 Å². The Labute approximate surface area is 159 Å². The van der Waals surface area contributed by atoms with Crippen molar-refractivity contribution in [3.05, 3.63) is 28.2 Å². The molecule has 2 aliphatic rings. The van der Waals surface area contributed by atoms with Gasteiger partial charge in [-0.25, -0.2) is 4.98 Å². The number of nitrogens with one attached hydrogen (secondary N) is 1. The highest BCUT2D eigenvalue weighted by Crippen LogP contribution is 2.30. The van der Waals surface area contributed by atoms with E-state index < -0.39 is 0 Å². The fourth-order valence-corrected chi connectivity index (χ4v) is 4.20. The van der Waals surface area contributed by atoms with Gasteiger partial charge in [-0.1, -0.05) is 12.8 Å². The lowest BCUT2D eigenvalue weighted by atomic mass is 10.1. The molecule has 0 atom stereocenters. The molecule has 0 radical (unpaired) electrons. The van der Waals surface area contributed by atoms with E-state index in [1.54, 1.807) is 6.07 Å². The summed E-state index contributed by atoms with van der Waals surface area (Å²) in [6, 6.07) is 1.99. The summed E-state index contributed by atoms with van der Waals surface area (Å²) < 4.78 is 7.28. The molecule has 7 nitrogen and oxygen atoms in total. The van der Waals surface area contributed by atoms with Crippen LogP contribution in [0.15, 0.2) is 17.1 Å². The van der Waals surface area contributed by atoms with Gasteiger partial charge < -0.3 is 10.1 Å². The quantitative estimate of drug-likeness (QED) is 0.786. The Balaban J connectivity index is 1.48. The molecule has 146 valence electrons. The predicted octanol–water partition coefficient (Wildman–Crippen LogP) is 2.35. The molecule has 7 heteroatoms. The van der Waals surface area contributed by atoms with Crippen LogP contribution in [0.5, 0.6) is 0 Å². The molecule has 3 heterocycles. The summed E-state index contributed by atoms with van der Waals surface area (Å²) in [5.41, 5.74) is 1.78. The summed E-state index contributed by atoms with van der Waals surface area (Å²) in [7, 11) is 0. The maximum atomic E-state index is 12.7. The third-order valence-electron chi connectivity index (χ3n) is 5.73. The van der Waals surface area contributed by atoms with Gasteiger partial charge in [0, 0.05) is 43.3 Å². The van der Waals surface area contributed by atoms with Crippen LogP contribution in [-0.4, -0.2) is 58.8 Å². The molecule has 0 amide bonds. The summed E-state index contributed by atoms with van der Waals surface area (Å²) in [5.74, 6) is 0.612. The van der Waals surface area contributed by atoms with Crippen molar-refractivity contribution < 1.29 is 4.74 Å². The van der Waals surface area contributed by atoms with Gasteiger partial charge in [0.2, 0.25) is 5.95 Å². The number of pyridine rings is 1. The standard InChI is InChI=1S/C20H29N5O2/c1-15-13-18(26)25(16-5-2-3-6-16)19-17(15)14-22-20(23-19)21-7-4-8-24-9-11-27-12-10-24/h13-14,16H,2-12H2,1H3,(H,21,22,23). The summed E-state index contributed by atoms with van der Waals surface area (Å²) in [4.78, 5) is 24.3. The maximum absolute atomic E-state index is 12.7. The highest BCUT2D eigenvalue weighted by Gasteiger charge is 2.21. The minimum Gasteiger partial charge on any atom is -0.379 e. The lowest BCUT2D eigenvalue weighted by Crippen LogP contribution is -2.37. The third-order valence-corrected chi connectivity index (χ3v) is 5.73. The molecule has 0 unspecified atom stereocenters. The van der Waals surface area contributed by atoms with E-state index >= 15 is 0 Å². The molecular formula is C20H29N5O2. The van der Waals surface area contributed by atoms with Gasteiger partial charge in [-0.05, 0) is 38.3 Å². The Hall–Kier alpha value is -1.99. The van der Waals surface area contributed by atoms with Crippen molar-refractivity contribution in [2.75, 3.05) is 44.7 Å². The van der Waals surface area contributed by atoms with Crippen molar-refractivity contribution in [3.63, 3.8) is 0 Å². The van der Waals surface area contributed by atoms with Crippen molar-refractivity contribution in [2.45, 2.75) is 45.1 Å². The van der Waals surface area contributed by atoms with Crippen LogP contribution in [0.25, 0.3) is 11.0 Å². The molecule has 2 aromatic rings. The first-order valence-electron chi connectivity index (χ1n) is 10.2. The lowest BCUT2D eigenvalue weighted by molar-refractivity contribution is 0.0378. The second-order valence-electron chi connectivity index (χ2n) is 7.64. The zero-order chi connectivity index (χ0) is 18.6. The number of ether oxygens (including phenoxy) is 1. The molecule has 2 aromatic heterocycles. The first-order chi connectivity index (χ1) is 13.2. The van der Waals surface area contributed by atoms with E-state index in [4.69, 9.17) is 9.72 Å². The monoisotopic (exact) mass is 371 g/mol. The number of morpholine rings is 1. The topological polar surface area (TPSA) is 72.3 Å². The molecule has 1 N–H and O–H groups in total. The number of hydrogen-bond donors (Lipinski definition) is 1. The van der Waals surface area contributed by atoms with Gasteiger partial charge in [-0.3, -0.25) is 14.3 Å². The number of anilines is 1. The first-order valence-corrected chi connectivity index (χ1v) is 10.2. The van der Waals surface area contributed by atoms with Crippen LogP contribution < -0.4 is 10.9 Å². The van der Waals surface area contributed by atoms with Crippen LogP contribution in [-0.2, 0) is 4.74 Å². The fourth-order valence-electron chi connectivity index (χ4n) is 4.20. The van der Waals surface area contributed by atoms with Crippen molar-refractivity contribution in [1.82, 2.24) is 19.4 Å². The van der Waals surface area contributed by atoms with Gasteiger partial charge >= 0.3 is 0 Å². The van der Waals surface area contributed by atoms with Crippen LogP contribution >= 0.6 is 0 Å². The van der Waals surface area contributed by atoms with Crippen molar-refractivity contribution >= 4 is 17.0 Å². The Morgan fingerprint density at radius 1 is 1.26 bits per heavy atom. The van der Waals surface area contributed by atoms with Crippen molar-refractivity contribution in [1.29, 1.82) is 0 Å². The number of aromatic nitrogens is 3. The highest BCUT2D eigenvalue weighted by molar-refractivity contribution is 5.79. The number of nitrogens with zero attached hydrogens (tertiary/aromatic N) is 4. The molecule has 1 saturated carbocycles.